The van der Waals surface area contributed by atoms with Crippen LogP contribution >= 0.6 is 0 Å². The summed E-state index contributed by atoms with van der Waals surface area (Å²) >= 11 is 0. The zero-order chi connectivity index (χ0) is 19.6. The molecule has 0 saturated carbocycles. The van der Waals surface area contributed by atoms with E-state index in [0.717, 1.165) is 24.4 Å². The van der Waals surface area contributed by atoms with Gasteiger partial charge in [0.05, 0.1) is 4.92 Å². The Morgan fingerprint density at radius 3 is 2.56 bits per heavy atom. The molecule has 0 saturated heterocycles. The molecule has 140 valence electrons. The van der Waals surface area contributed by atoms with Crippen molar-refractivity contribution in [1.29, 1.82) is 0 Å². The molecule has 0 atom stereocenters. The molecule has 27 heavy (non-hydrogen) atoms. The summed E-state index contributed by atoms with van der Waals surface area (Å²) in [7, 11) is 0. The van der Waals surface area contributed by atoms with Gasteiger partial charge in [0.15, 0.2) is 11.6 Å². The number of aromatic nitrogens is 4. The first kappa shape index (κ1) is 18.5. The van der Waals surface area contributed by atoms with E-state index < -0.39 is 4.92 Å². The van der Waals surface area contributed by atoms with Crippen LogP contribution < -0.4 is 0 Å². The minimum Gasteiger partial charge on any atom is -0.348 e. The normalized spacial score (nSPS) is 10.9. The van der Waals surface area contributed by atoms with E-state index >= 15 is 0 Å². The average molecular weight is 367 g/mol. The van der Waals surface area contributed by atoms with Gasteiger partial charge in [0, 0.05) is 41.2 Å². The summed E-state index contributed by atoms with van der Waals surface area (Å²) in [4.78, 5) is 27.2. The Hall–Kier alpha value is -3.29. The molecular formula is C19H21N5O3. The molecule has 0 aliphatic heterocycles. The number of benzene rings is 1. The van der Waals surface area contributed by atoms with Gasteiger partial charge in [-0.05, 0) is 38.5 Å². The van der Waals surface area contributed by atoms with Gasteiger partial charge < -0.3 is 4.57 Å². The van der Waals surface area contributed by atoms with Crippen molar-refractivity contribution < 1.29 is 9.72 Å². The smallest absolute Gasteiger partial charge is 0.269 e. The fraction of sp³-hybridized carbons (Fsp3) is 0.316. The summed E-state index contributed by atoms with van der Waals surface area (Å²) in [6.07, 6.45) is 2.51. The third-order valence-corrected chi connectivity index (χ3v) is 4.50. The van der Waals surface area contributed by atoms with Crippen molar-refractivity contribution in [1.82, 2.24) is 19.3 Å². The molecule has 2 aromatic heterocycles. The van der Waals surface area contributed by atoms with E-state index in [4.69, 9.17) is 0 Å². The maximum absolute atomic E-state index is 12.7. The van der Waals surface area contributed by atoms with Crippen LogP contribution in [0.25, 0.3) is 11.4 Å². The van der Waals surface area contributed by atoms with Crippen LogP contribution in [-0.4, -0.2) is 30.0 Å². The number of rotatable bonds is 7. The Kier molecular flexibility index (Phi) is 5.16. The fourth-order valence-corrected chi connectivity index (χ4v) is 3.12. The Bertz CT molecular complexity index is 985. The van der Waals surface area contributed by atoms with Gasteiger partial charge in [0.2, 0.25) is 0 Å². The van der Waals surface area contributed by atoms with E-state index in [1.165, 1.54) is 23.1 Å². The molecular weight excluding hydrogens is 346 g/mol. The van der Waals surface area contributed by atoms with Crippen LogP contribution in [-0.2, 0) is 13.1 Å². The molecule has 0 aliphatic carbocycles. The summed E-state index contributed by atoms with van der Waals surface area (Å²) in [6, 6.07) is 7.92. The first-order valence-electron chi connectivity index (χ1n) is 8.75. The lowest BCUT2D eigenvalue weighted by Crippen LogP contribution is -2.12. The molecule has 0 unspecified atom stereocenters. The summed E-state index contributed by atoms with van der Waals surface area (Å²) in [5.41, 5.74) is 3.41. The highest BCUT2D eigenvalue weighted by Gasteiger charge is 2.17. The highest BCUT2D eigenvalue weighted by atomic mass is 16.6. The summed E-state index contributed by atoms with van der Waals surface area (Å²) in [5, 5.41) is 15.1. The molecule has 0 aliphatic rings. The number of carbonyl (C=O) groups is 1. The topological polar surface area (TPSA) is 95.8 Å². The van der Waals surface area contributed by atoms with E-state index in [9.17, 15) is 14.9 Å². The van der Waals surface area contributed by atoms with Crippen LogP contribution in [0.4, 0.5) is 5.69 Å². The first-order valence-corrected chi connectivity index (χ1v) is 8.75. The average Bonchev–Trinajstić information content (AvgIpc) is 3.22. The first-order chi connectivity index (χ1) is 12.9. The van der Waals surface area contributed by atoms with Gasteiger partial charge in [0.25, 0.3) is 5.69 Å². The second kappa shape index (κ2) is 7.53. The Balaban J connectivity index is 1.77. The maximum atomic E-state index is 12.7. The second-order valence-electron chi connectivity index (χ2n) is 6.43. The van der Waals surface area contributed by atoms with Crippen molar-refractivity contribution >= 4 is 11.5 Å². The van der Waals surface area contributed by atoms with Crippen LogP contribution in [0.15, 0.2) is 36.7 Å². The lowest BCUT2D eigenvalue weighted by molar-refractivity contribution is -0.384. The number of nitrogens with zero attached hydrogens (tertiary/aromatic N) is 5. The van der Waals surface area contributed by atoms with Crippen molar-refractivity contribution in [3.8, 4) is 11.4 Å². The highest BCUT2D eigenvalue weighted by Crippen LogP contribution is 2.20. The van der Waals surface area contributed by atoms with Crippen molar-refractivity contribution in [2.24, 2.45) is 0 Å². The number of aryl methyl sites for hydroxylation is 1. The minimum atomic E-state index is -0.455. The molecule has 8 nitrogen and oxygen atoms in total. The lowest BCUT2D eigenvalue weighted by atomic mass is 10.1. The van der Waals surface area contributed by atoms with Gasteiger partial charge in [-0.25, -0.2) is 9.67 Å². The van der Waals surface area contributed by atoms with E-state index in [0.29, 0.717) is 17.0 Å². The summed E-state index contributed by atoms with van der Waals surface area (Å²) in [5.74, 6) is 0.403. The SMILES string of the molecule is CCCn1c(C)cc(C(=O)Cn2cnc(-c3ccc([N+](=O)[O-])cc3)n2)c1C. The molecule has 2 heterocycles. The number of nitro groups is 1. The van der Waals surface area contributed by atoms with E-state index in [2.05, 4.69) is 21.6 Å². The number of Topliss-reactive ketones (excluding diaryl/α,β-unsaturated/α-hetero) is 1. The van der Waals surface area contributed by atoms with Crippen LogP contribution in [0.5, 0.6) is 0 Å². The van der Waals surface area contributed by atoms with Crippen molar-refractivity contribution in [2.75, 3.05) is 0 Å². The Labute approximate surface area is 156 Å². The largest absolute Gasteiger partial charge is 0.348 e. The molecule has 0 amide bonds. The van der Waals surface area contributed by atoms with Crippen molar-refractivity contribution in [3.63, 3.8) is 0 Å². The number of hydrogen-bond acceptors (Lipinski definition) is 5. The van der Waals surface area contributed by atoms with E-state index in [-0.39, 0.29) is 18.0 Å². The summed E-state index contributed by atoms with van der Waals surface area (Å²) in [6.45, 7) is 7.05. The molecule has 1 aromatic carbocycles. The number of hydrogen-bond donors (Lipinski definition) is 0. The molecule has 0 bridgehead atoms. The Morgan fingerprint density at radius 1 is 1.22 bits per heavy atom. The third kappa shape index (κ3) is 3.79. The van der Waals surface area contributed by atoms with Crippen molar-refractivity contribution in [3.05, 3.63) is 63.7 Å². The molecule has 8 heteroatoms. The molecule has 3 rings (SSSR count). The van der Waals surface area contributed by atoms with Gasteiger partial charge in [-0.3, -0.25) is 14.9 Å². The predicted octanol–water partition coefficient (Wildman–Crippen LogP) is 3.56. The fourth-order valence-electron chi connectivity index (χ4n) is 3.12. The van der Waals surface area contributed by atoms with Gasteiger partial charge >= 0.3 is 0 Å². The lowest BCUT2D eigenvalue weighted by Gasteiger charge is -2.07. The quantitative estimate of drug-likeness (QED) is 0.361. The van der Waals surface area contributed by atoms with Gasteiger partial charge in [-0.15, -0.1) is 0 Å². The van der Waals surface area contributed by atoms with Crippen LogP contribution in [0.3, 0.4) is 0 Å². The van der Waals surface area contributed by atoms with Crippen LogP contribution in [0.1, 0.15) is 35.1 Å². The van der Waals surface area contributed by atoms with Gasteiger partial charge in [-0.2, -0.15) is 5.10 Å². The standard InChI is InChI=1S/C19H21N5O3/c1-4-9-23-13(2)10-17(14(23)3)18(25)11-22-12-20-19(21-22)15-5-7-16(8-6-15)24(26)27/h5-8,10,12H,4,9,11H2,1-3H3. The third-order valence-electron chi connectivity index (χ3n) is 4.50. The number of ketones is 1. The van der Waals surface area contributed by atoms with E-state index in [1.807, 2.05) is 19.9 Å². The number of nitro benzene ring substituents is 1. The van der Waals surface area contributed by atoms with Crippen molar-refractivity contribution in [2.45, 2.75) is 40.3 Å². The van der Waals surface area contributed by atoms with E-state index in [1.54, 1.807) is 12.1 Å². The zero-order valence-corrected chi connectivity index (χ0v) is 15.5. The van der Waals surface area contributed by atoms with Crippen LogP contribution in [0.2, 0.25) is 0 Å². The maximum Gasteiger partial charge on any atom is 0.269 e. The minimum absolute atomic E-state index is 0.01000. The van der Waals surface area contributed by atoms with Crippen LogP contribution in [0, 0.1) is 24.0 Å². The molecule has 0 spiro atoms. The molecule has 0 fully saturated rings. The second-order valence-corrected chi connectivity index (χ2v) is 6.43. The van der Waals surface area contributed by atoms with Gasteiger partial charge in [-0.1, -0.05) is 6.92 Å². The number of non-ortho nitro benzene ring substituents is 1. The predicted molar refractivity (Wildman–Crippen MR) is 101 cm³/mol. The Morgan fingerprint density at radius 2 is 1.93 bits per heavy atom. The number of carbonyl (C=O) groups excluding carboxylic acids is 1. The monoisotopic (exact) mass is 367 g/mol. The summed E-state index contributed by atoms with van der Waals surface area (Å²) < 4.78 is 3.64. The molecule has 3 aromatic rings. The zero-order valence-electron chi connectivity index (χ0n) is 15.5. The molecule has 0 radical (unpaired) electrons. The van der Waals surface area contributed by atoms with Gasteiger partial charge in [0.1, 0.15) is 12.9 Å². The highest BCUT2D eigenvalue weighted by molar-refractivity contribution is 5.97. The molecule has 0 N–H and O–H groups in total.